The van der Waals surface area contributed by atoms with Gasteiger partial charge < -0.3 is 10.1 Å². The third kappa shape index (κ3) is 5.22. The lowest BCUT2D eigenvalue weighted by Crippen LogP contribution is -2.31. The van der Waals surface area contributed by atoms with Gasteiger partial charge in [0.05, 0.1) is 26.0 Å². The molecule has 0 aliphatic heterocycles. The molecule has 0 radical (unpaired) electrons. The standard InChI is InChI=1S/C16H13Cl3N2O4/c1-9(10-2-4-12(17)13(18)6-10)20-16(22)8-25-15-5-3-11(21(23)24)7-14(15)19/h2-7,9H,8H2,1H3,(H,20,22)/t9-/m0/s1. The molecule has 0 unspecified atom stereocenters. The van der Waals surface area contributed by atoms with Crippen LogP contribution < -0.4 is 10.1 Å². The fraction of sp³-hybridized carbons (Fsp3) is 0.188. The van der Waals surface area contributed by atoms with Crippen LogP contribution in [0.3, 0.4) is 0 Å². The van der Waals surface area contributed by atoms with Crippen LogP contribution >= 0.6 is 34.8 Å². The Labute approximate surface area is 158 Å². The predicted octanol–water partition coefficient (Wildman–Crippen LogP) is 4.81. The number of benzene rings is 2. The first-order valence-electron chi connectivity index (χ1n) is 7.09. The largest absolute Gasteiger partial charge is 0.482 e. The number of nitro groups is 1. The van der Waals surface area contributed by atoms with E-state index in [0.29, 0.717) is 10.0 Å². The number of halogens is 3. The molecule has 9 heteroatoms. The van der Waals surface area contributed by atoms with E-state index in [9.17, 15) is 14.9 Å². The number of carbonyl (C=O) groups excluding carboxylic acids is 1. The fourth-order valence-electron chi connectivity index (χ4n) is 2.01. The summed E-state index contributed by atoms with van der Waals surface area (Å²) in [5.41, 5.74) is 0.631. The van der Waals surface area contributed by atoms with Crippen LogP contribution in [0.4, 0.5) is 5.69 Å². The van der Waals surface area contributed by atoms with Gasteiger partial charge >= 0.3 is 0 Å². The maximum Gasteiger partial charge on any atom is 0.271 e. The van der Waals surface area contributed by atoms with E-state index in [4.69, 9.17) is 39.5 Å². The zero-order valence-electron chi connectivity index (χ0n) is 13.0. The summed E-state index contributed by atoms with van der Waals surface area (Å²) < 4.78 is 5.30. The highest BCUT2D eigenvalue weighted by Gasteiger charge is 2.14. The average Bonchev–Trinajstić information content (AvgIpc) is 2.55. The van der Waals surface area contributed by atoms with Crippen molar-refractivity contribution in [1.82, 2.24) is 5.32 Å². The van der Waals surface area contributed by atoms with Crippen LogP contribution in [-0.4, -0.2) is 17.4 Å². The summed E-state index contributed by atoms with van der Waals surface area (Å²) in [5.74, 6) is -0.197. The number of amides is 1. The second-order valence-corrected chi connectivity index (χ2v) is 6.34. The van der Waals surface area contributed by atoms with Crippen molar-refractivity contribution in [3.63, 3.8) is 0 Å². The van der Waals surface area contributed by atoms with E-state index in [0.717, 1.165) is 11.6 Å². The van der Waals surface area contributed by atoms with E-state index in [1.54, 1.807) is 25.1 Å². The van der Waals surface area contributed by atoms with Gasteiger partial charge in [-0.05, 0) is 30.7 Å². The Balaban J connectivity index is 1.94. The lowest BCUT2D eigenvalue weighted by molar-refractivity contribution is -0.384. The van der Waals surface area contributed by atoms with Gasteiger partial charge in [-0.15, -0.1) is 0 Å². The maximum atomic E-state index is 12.0. The van der Waals surface area contributed by atoms with Crippen molar-refractivity contribution in [2.24, 2.45) is 0 Å². The third-order valence-corrected chi connectivity index (χ3v) is 4.34. The van der Waals surface area contributed by atoms with Crippen molar-refractivity contribution in [2.75, 3.05) is 6.61 Å². The molecule has 2 aromatic carbocycles. The predicted molar refractivity (Wildman–Crippen MR) is 96.6 cm³/mol. The summed E-state index contributed by atoms with van der Waals surface area (Å²) in [6.45, 7) is 1.50. The Morgan fingerprint density at radius 1 is 1.16 bits per heavy atom. The van der Waals surface area contributed by atoms with E-state index in [1.165, 1.54) is 12.1 Å². The first kappa shape index (κ1) is 19.3. The molecule has 1 N–H and O–H groups in total. The summed E-state index contributed by atoms with van der Waals surface area (Å²) in [4.78, 5) is 22.1. The smallest absolute Gasteiger partial charge is 0.271 e. The molecule has 1 atom stereocenters. The molecule has 25 heavy (non-hydrogen) atoms. The Bertz CT molecular complexity index is 814. The quantitative estimate of drug-likeness (QED) is 0.554. The third-order valence-electron chi connectivity index (χ3n) is 3.31. The van der Waals surface area contributed by atoms with Gasteiger partial charge in [0.2, 0.25) is 0 Å². The molecule has 0 aliphatic carbocycles. The second-order valence-electron chi connectivity index (χ2n) is 5.12. The minimum absolute atomic E-state index is 0.0551. The highest BCUT2D eigenvalue weighted by atomic mass is 35.5. The summed E-state index contributed by atoms with van der Waals surface area (Å²) >= 11 is 17.7. The van der Waals surface area contributed by atoms with E-state index in [-0.39, 0.29) is 35.0 Å². The van der Waals surface area contributed by atoms with Crippen molar-refractivity contribution >= 4 is 46.4 Å². The molecule has 0 heterocycles. The molecule has 0 saturated carbocycles. The summed E-state index contributed by atoms with van der Waals surface area (Å²) in [6.07, 6.45) is 0. The van der Waals surface area contributed by atoms with E-state index in [1.807, 2.05) is 0 Å². The molecule has 0 bridgehead atoms. The van der Waals surface area contributed by atoms with Crippen molar-refractivity contribution in [3.8, 4) is 5.75 Å². The molecule has 0 aliphatic rings. The number of rotatable bonds is 6. The van der Waals surface area contributed by atoms with Crippen molar-refractivity contribution < 1.29 is 14.5 Å². The molecule has 0 spiro atoms. The lowest BCUT2D eigenvalue weighted by atomic mass is 10.1. The molecule has 2 aromatic rings. The number of hydrogen-bond donors (Lipinski definition) is 1. The monoisotopic (exact) mass is 402 g/mol. The first-order valence-corrected chi connectivity index (χ1v) is 8.22. The second kappa shape index (κ2) is 8.38. The van der Waals surface area contributed by atoms with Gasteiger partial charge in [0.15, 0.2) is 6.61 Å². The topological polar surface area (TPSA) is 81.5 Å². The summed E-state index contributed by atoms with van der Waals surface area (Å²) in [5, 5.41) is 14.3. The molecule has 0 aromatic heterocycles. The van der Waals surface area contributed by atoms with Gasteiger partial charge in [-0.1, -0.05) is 40.9 Å². The number of non-ortho nitro benzene ring substituents is 1. The van der Waals surface area contributed by atoms with Crippen LogP contribution in [0, 0.1) is 10.1 Å². The molecule has 0 fully saturated rings. The van der Waals surface area contributed by atoms with Gasteiger partial charge in [-0.25, -0.2) is 0 Å². The van der Waals surface area contributed by atoms with Crippen LogP contribution in [0.2, 0.25) is 15.1 Å². The van der Waals surface area contributed by atoms with Crippen LogP contribution in [-0.2, 0) is 4.79 Å². The highest BCUT2D eigenvalue weighted by molar-refractivity contribution is 6.42. The SMILES string of the molecule is C[C@H](NC(=O)COc1ccc([N+](=O)[O-])cc1Cl)c1ccc(Cl)c(Cl)c1. The molecule has 1 amide bonds. The van der Waals surface area contributed by atoms with Crippen LogP contribution in [0.1, 0.15) is 18.5 Å². The van der Waals surface area contributed by atoms with Gasteiger partial charge in [0.1, 0.15) is 5.75 Å². The maximum absolute atomic E-state index is 12.0. The minimum atomic E-state index is -0.568. The average molecular weight is 404 g/mol. The molecule has 0 saturated heterocycles. The van der Waals surface area contributed by atoms with Gasteiger partial charge in [0.25, 0.3) is 11.6 Å². The first-order chi connectivity index (χ1) is 11.8. The minimum Gasteiger partial charge on any atom is -0.482 e. The number of ether oxygens (including phenoxy) is 1. The molecule has 6 nitrogen and oxygen atoms in total. The van der Waals surface area contributed by atoms with Crippen LogP contribution in [0.25, 0.3) is 0 Å². The summed E-state index contributed by atoms with van der Waals surface area (Å²) in [6, 6.07) is 8.52. The Kier molecular flexibility index (Phi) is 6.47. The Morgan fingerprint density at radius 2 is 1.88 bits per heavy atom. The number of carbonyl (C=O) groups is 1. The van der Waals surface area contributed by atoms with Gasteiger partial charge in [0, 0.05) is 12.1 Å². The molecular formula is C16H13Cl3N2O4. The fourth-order valence-corrected chi connectivity index (χ4v) is 2.55. The summed E-state index contributed by atoms with van der Waals surface area (Å²) in [7, 11) is 0. The van der Waals surface area contributed by atoms with Gasteiger partial charge in [-0.3, -0.25) is 14.9 Å². The Morgan fingerprint density at radius 3 is 2.48 bits per heavy atom. The lowest BCUT2D eigenvalue weighted by Gasteiger charge is -2.15. The molecular weight excluding hydrogens is 391 g/mol. The normalized spacial score (nSPS) is 11.7. The van der Waals surface area contributed by atoms with Gasteiger partial charge in [-0.2, -0.15) is 0 Å². The molecule has 132 valence electrons. The Hall–Kier alpha value is -2.02. The van der Waals surface area contributed by atoms with E-state index >= 15 is 0 Å². The van der Waals surface area contributed by atoms with Crippen LogP contribution in [0.5, 0.6) is 5.75 Å². The van der Waals surface area contributed by atoms with E-state index < -0.39 is 4.92 Å². The van der Waals surface area contributed by atoms with Crippen LogP contribution in [0.15, 0.2) is 36.4 Å². The van der Waals surface area contributed by atoms with Crippen molar-refractivity contribution in [1.29, 1.82) is 0 Å². The highest BCUT2D eigenvalue weighted by Crippen LogP contribution is 2.29. The number of nitrogens with one attached hydrogen (secondary N) is 1. The number of nitrogens with zero attached hydrogens (tertiary/aromatic N) is 1. The number of hydrogen-bond acceptors (Lipinski definition) is 4. The zero-order valence-corrected chi connectivity index (χ0v) is 15.2. The zero-order chi connectivity index (χ0) is 18.6. The van der Waals surface area contributed by atoms with E-state index in [2.05, 4.69) is 5.32 Å². The molecule has 2 rings (SSSR count). The van der Waals surface area contributed by atoms with Crippen molar-refractivity contribution in [3.05, 3.63) is 67.1 Å². The number of nitro benzene ring substituents is 1. The van der Waals surface area contributed by atoms with Crippen molar-refractivity contribution in [2.45, 2.75) is 13.0 Å².